The predicted octanol–water partition coefficient (Wildman–Crippen LogP) is 3.46. The summed E-state index contributed by atoms with van der Waals surface area (Å²) in [5, 5.41) is 4.85. The molecule has 1 heterocycles. The Kier molecular flexibility index (Phi) is 5.05. The molecular formula is C14H15ClN2OS. The first-order chi connectivity index (χ1) is 9.19. The molecule has 0 saturated heterocycles. The molecule has 0 aliphatic heterocycles. The number of carbonyl (C=O) groups excluding carboxylic acids is 1. The Morgan fingerprint density at radius 3 is 2.89 bits per heavy atom. The third-order valence-corrected chi connectivity index (χ3v) is 4.21. The lowest BCUT2D eigenvalue weighted by molar-refractivity contribution is -0.116. The molecule has 2 aromatic rings. The van der Waals surface area contributed by atoms with E-state index in [1.165, 1.54) is 11.8 Å². The van der Waals surface area contributed by atoms with Gasteiger partial charge in [-0.3, -0.25) is 9.48 Å². The van der Waals surface area contributed by atoms with E-state index in [4.69, 9.17) is 11.6 Å². The topological polar surface area (TPSA) is 34.9 Å². The van der Waals surface area contributed by atoms with E-state index in [2.05, 4.69) is 5.10 Å². The van der Waals surface area contributed by atoms with Crippen LogP contribution >= 0.6 is 23.4 Å². The number of aromatic nitrogens is 2. The highest BCUT2D eigenvalue weighted by Crippen LogP contribution is 2.26. The number of nitrogens with zero attached hydrogens (tertiary/aromatic N) is 2. The van der Waals surface area contributed by atoms with Gasteiger partial charge in [0.25, 0.3) is 0 Å². The molecule has 0 spiro atoms. The van der Waals surface area contributed by atoms with Crippen LogP contribution in [-0.4, -0.2) is 21.3 Å². The zero-order valence-corrected chi connectivity index (χ0v) is 12.2. The Labute approximate surface area is 122 Å². The standard InChI is InChI=1S/C14H15ClN2OS/c1-2-17-9-11(8-16-17)7-12(18)10-19-14-6-4-3-5-13(14)15/h3-6,8-9H,2,7,10H2,1H3. The molecule has 1 aromatic carbocycles. The normalized spacial score (nSPS) is 10.6. The molecule has 0 aliphatic rings. The molecule has 0 aliphatic carbocycles. The minimum atomic E-state index is 0.181. The van der Waals surface area contributed by atoms with Crippen molar-refractivity contribution in [3.63, 3.8) is 0 Å². The van der Waals surface area contributed by atoms with E-state index in [0.29, 0.717) is 17.2 Å². The summed E-state index contributed by atoms with van der Waals surface area (Å²) < 4.78 is 1.82. The van der Waals surface area contributed by atoms with E-state index >= 15 is 0 Å². The van der Waals surface area contributed by atoms with Crippen molar-refractivity contribution in [2.24, 2.45) is 0 Å². The Morgan fingerprint density at radius 2 is 2.21 bits per heavy atom. The fourth-order valence-electron chi connectivity index (χ4n) is 1.67. The number of rotatable bonds is 6. The number of benzene rings is 1. The summed E-state index contributed by atoms with van der Waals surface area (Å²) in [5.74, 6) is 0.613. The number of halogens is 1. The van der Waals surface area contributed by atoms with Crippen LogP contribution in [0.1, 0.15) is 12.5 Å². The molecule has 1 aromatic heterocycles. The summed E-state index contributed by atoms with van der Waals surface area (Å²) in [6.45, 7) is 2.84. The largest absolute Gasteiger partial charge is 0.298 e. The number of carbonyl (C=O) groups is 1. The van der Waals surface area contributed by atoms with Crippen LogP contribution in [-0.2, 0) is 17.8 Å². The zero-order chi connectivity index (χ0) is 13.7. The van der Waals surface area contributed by atoms with Crippen molar-refractivity contribution >= 4 is 29.1 Å². The maximum atomic E-state index is 11.9. The average molecular weight is 295 g/mol. The van der Waals surface area contributed by atoms with Crippen molar-refractivity contribution < 1.29 is 4.79 Å². The van der Waals surface area contributed by atoms with E-state index in [0.717, 1.165) is 17.0 Å². The van der Waals surface area contributed by atoms with Gasteiger partial charge in [-0.05, 0) is 24.6 Å². The number of aryl methyl sites for hydroxylation is 1. The summed E-state index contributed by atoms with van der Waals surface area (Å²) in [6, 6.07) is 7.56. The average Bonchev–Trinajstić information content (AvgIpc) is 2.85. The van der Waals surface area contributed by atoms with Crippen molar-refractivity contribution in [3.8, 4) is 0 Å². The van der Waals surface area contributed by atoms with E-state index in [1.54, 1.807) is 6.20 Å². The molecule has 0 unspecified atom stereocenters. The minimum Gasteiger partial charge on any atom is -0.298 e. The van der Waals surface area contributed by atoms with Crippen molar-refractivity contribution in [1.82, 2.24) is 9.78 Å². The lowest BCUT2D eigenvalue weighted by Gasteiger charge is -2.02. The summed E-state index contributed by atoms with van der Waals surface area (Å²) >= 11 is 7.52. The molecule has 0 saturated carbocycles. The number of hydrogen-bond donors (Lipinski definition) is 0. The van der Waals surface area contributed by atoms with Gasteiger partial charge < -0.3 is 0 Å². The van der Waals surface area contributed by atoms with E-state index < -0.39 is 0 Å². The molecule has 0 N–H and O–H groups in total. The van der Waals surface area contributed by atoms with Crippen molar-refractivity contribution in [1.29, 1.82) is 0 Å². The molecular weight excluding hydrogens is 280 g/mol. The Balaban J connectivity index is 1.86. The van der Waals surface area contributed by atoms with Crippen molar-refractivity contribution in [3.05, 3.63) is 47.2 Å². The first kappa shape index (κ1) is 14.2. The highest BCUT2D eigenvalue weighted by Gasteiger charge is 2.08. The van der Waals surface area contributed by atoms with Gasteiger partial charge in [-0.1, -0.05) is 23.7 Å². The zero-order valence-electron chi connectivity index (χ0n) is 10.7. The first-order valence-electron chi connectivity index (χ1n) is 6.09. The quantitative estimate of drug-likeness (QED) is 0.765. The molecule has 100 valence electrons. The Hall–Kier alpha value is -1.26. The van der Waals surface area contributed by atoms with Gasteiger partial charge in [-0.15, -0.1) is 11.8 Å². The first-order valence-corrected chi connectivity index (χ1v) is 7.45. The Morgan fingerprint density at radius 1 is 1.42 bits per heavy atom. The highest BCUT2D eigenvalue weighted by atomic mass is 35.5. The van der Waals surface area contributed by atoms with Crippen LogP contribution in [0.15, 0.2) is 41.6 Å². The van der Waals surface area contributed by atoms with Gasteiger partial charge in [-0.25, -0.2) is 0 Å². The number of hydrogen-bond acceptors (Lipinski definition) is 3. The van der Waals surface area contributed by atoms with Gasteiger partial charge >= 0.3 is 0 Å². The van der Waals surface area contributed by atoms with Gasteiger partial charge in [0, 0.05) is 24.1 Å². The molecule has 0 radical (unpaired) electrons. The predicted molar refractivity (Wildman–Crippen MR) is 78.8 cm³/mol. The van der Waals surface area contributed by atoms with Gasteiger partial charge in [0.2, 0.25) is 0 Å². The van der Waals surface area contributed by atoms with Crippen LogP contribution in [0.4, 0.5) is 0 Å². The molecule has 19 heavy (non-hydrogen) atoms. The summed E-state index contributed by atoms with van der Waals surface area (Å²) in [4.78, 5) is 12.8. The maximum Gasteiger partial charge on any atom is 0.147 e. The second-order valence-electron chi connectivity index (χ2n) is 4.14. The van der Waals surface area contributed by atoms with E-state index in [1.807, 2.05) is 42.1 Å². The molecule has 0 amide bonds. The third-order valence-electron chi connectivity index (χ3n) is 2.64. The van der Waals surface area contributed by atoms with Gasteiger partial charge in [0.1, 0.15) is 5.78 Å². The fourth-order valence-corrected chi connectivity index (χ4v) is 2.77. The van der Waals surface area contributed by atoms with Crippen LogP contribution in [0.5, 0.6) is 0 Å². The van der Waals surface area contributed by atoms with Crippen molar-refractivity contribution in [2.75, 3.05) is 5.75 Å². The van der Waals surface area contributed by atoms with Gasteiger partial charge in [0.15, 0.2) is 0 Å². The van der Waals surface area contributed by atoms with Crippen LogP contribution in [0.25, 0.3) is 0 Å². The number of thioether (sulfide) groups is 1. The second kappa shape index (κ2) is 6.78. The van der Waals surface area contributed by atoms with Crippen molar-refractivity contribution in [2.45, 2.75) is 24.8 Å². The van der Waals surface area contributed by atoms with Gasteiger partial charge in [-0.2, -0.15) is 5.10 Å². The van der Waals surface area contributed by atoms with E-state index in [-0.39, 0.29) is 5.78 Å². The third kappa shape index (κ3) is 4.11. The highest BCUT2D eigenvalue weighted by molar-refractivity contribution is 8.00. The van der Waals surface area contributed by atoms with Crippen LogP contribution in [0.3, 0.4) is 0 Å². The summed E-state index contributed by atoms with van der Waals surface area (Å²) in [6.07, 6.45) is 4.09. The summed E-state index contributed by atoms with van der Waals surface area (Å²) in [7, 11) is 0. The minimum absolute atomic E-state index is 0.181. The number of Topliss-reactive ketones (excluding diaryl/α,β-unsaturated/α-hetero) is 1. The fraction of sp³-hybridized carbons (Fsp3) is 0.286. The Bertz CT molecular complexity index is 568. The SMILES string of the molecule is CCn1cc(CC(=O)CSc2ccccc2Cl)cn1. The smallest absolute Gasteiger partial charge is 0.147 e. The molecule has 0 fully saturated rings. The maximum absolute atomic E-state index is 11.9. The molecule has 2 rings (SSSR count). The number of ketones is 1. The van der Waals surface area contributed by atoms with Crippen LogP contribution in [0, 0.1) is 0 Å². The monoisotopic (exact) mass is 294 g/mol. The van der Waals surface area contributed by atoms with Gasteiger partial charge in [0.05, 0.1) is 17.0 Å². The molecule has 3 nitrogen and oxygen atoms in total. The molecule has 5 heteroatoms. The summed E-state index contributed by atoms with van der Waals surface area (Å²) in [5.41, 5.74) is 0.964. The lowest BCUT2D eigenvalue weighted by atomic mass is 10.2. The van der Waals surface area contributed by atoms with Crippen LogP contribution in [0.2, 0.25) is 5.02 Å². The van der Waals surface area contributed by atoms with Crippen LogP contribution < -0.4 is 0 Å². The van der Waals surface area contributed by atoms with E-state index in [9.17, 15) is 4.79 Å². The second-order valence-corrected chi connectivity index (χ2v) is 5.56. The molecule has 0 atom stereocenters. The lowest BCUT2D eigenvalue weighted by Crippen LogP contribution is -2.05. The molecule has 0 bridgehead atoms.